The number of esters is 1. The highest BCUT2D eigenvalue weighted by Gasteiger charge is 2.28. The number of nitrogens with zero attached hydrogens (tertiary/aromatic N) is 2. The van der Waals surface area contributed by atoms with Gasteiger partial charge in [-0.25, -0.2) is 0 Å². The molecule has 1 heterocycles. The van der Waals surface area contributed by atoms with Gasteiger partial charge in [-0.15, -0.1) is 0 Å². The maximum Gasteiger partial charge on any atom is 0.363 e. The maximum absolute atomic E-state index is 12.0. The Morgan fingerprint density at radius 1 is 1.57 bits per heavy atom. The molecule has 6 nitrogen and oxygen atoms in total. The number of ether oxygens (including phenoxy) is 1. The molecule has 1 aromatic heterocycles. The highest BCUT2D eigenvalue weighted by molar-refractivity contribution is 6.32. The first kappa shape index (κ1) is 15.2. The van der Waals surface area contributed by atoms with Crippen LogP contribution in [0.1, 0.15) is 18.9 Å². The minimum Gasteiger partial charge on any atom is -0.466 e. The van der Waals surface area contributed by atoms with E-state index in [0.29, 0.717) is 29.2 Å². The van der Waals surface area contributed by atoms with Crippen LogP contribution in [-0.2, 0) is 9.53 Å². The summed E-state index contributed by atoms with van der Waals surface area (Å²) in [4.78, 5) is 25.8. The van der Waals surface area contributed by atoms with Crippen LogP contribution in [0.15, 0.2) is 35.5 Å². The van der Waals surface area contributed by atoms with Crippen LogP contribution in [0.2, 0.25) is 0 Å². The lowest BCUT2D eigenvalue weighted by atomic mass is 9.87. The number of halogens is 1. The van der Waals surface area contributed by atoms with Gasteiger partial charge in [0.1, 0.15) is 6.20 Å². The quantitative estimate of drug-likeness (QED) is 0.485. The summed E-state index contributed by atoms with van der Waals surface area (Å²) in [5.74, 6) is -1.07. The minimum absolute atomic E-state index is 0.246. The molecule has 0 N–H and O–H groups in total. The maximum atomic E-state index is 12.0. The van der Waals surface area contributed by atoms with Crippen LogP contribution >= 0.6 is 11.6 Å². The van der Waals surface area contributed by atoms with Gasteiger partial charge < -0.3 is 14.9 Å². The summed E-state index contributed by atoms with van der Waals surface area (Å²) in [6.45, 7) is 2.03. The van der Waals surface area contributed by atoms with Crippen LogP contribution in [0.4, 0.5) is 5.82 Å². The van der Waals surface area contributed by atoms with Gasteiger partial charge in [0.15, 0.2) is 0 Å². The third-order valence-electron chi connectivity index (χ3n) is 3.06. The summed E-state index contributed by atoms with van der Waals surface area (Å²) in [7, 11) is 0. The average Bonchev–Trinajstić information content (AvgIpc) is 2.47. The summed E-state index contributed by atoms with van der Waals surface area (Å²) in [5, 5.41) is 11.1. The first-order valence-corrected chi connectivity index (χ1v) is 6.75. The summed E-state index contributed by atoms with van der Waals surface area (Å²) in [6.07, 6.45) is 5.20. The Hall–Kier alpha value is -2.21. The van der Waals surface area contributed by atoms with Crippen molar-refractivity contribution in [1.29, 1.82) is 0 Å². The van der Waals surface area contributed by atoms with Crippen molar-refractivity contribution in [1.82, 2.24) is 4.98 Å². The molecule has 1 atom stereocenters. The lowest BCUT2D eigenvalue weighted by Gasteiger charge is -2.20. The molecule has 1 aliphatic rings. The zero-order valence-corrected chi connectivity index (χ0v) is 12.0. The van der Waals surface area contributed by atoms with Gasteiger partial charge in [-0.2, -0.15) is 0 Å². The van der Waals surface area contributed by atoms with Crippen molar-refractivity contribution in [2.75, 3.05) is 6.61 Å². The van der Waals surface area contributed by atoms with Crippen LogP contribution in [-0.4, -0.2) is 22.5 Å². The lowest BCUT2D eigenvalue weighted by molar-refractivity contribution is -0.389. The zero-order valence-electron chi connectivity index (χ0n) is 11.3. The van der Waals surface area contributed by atoms with Gasteiger partial charge >= 0.3 is 11.8 Å². The molecule has 0 fully saturated rings. The van der Waals surface area contributed by atoms with Crippen molar-refractivity contribution in [3.8, 4) is 0 Å². The number of carbonyl (C=O) groups is 1. The minimum atomic E-state index is -0.575. The smallest absolute Gasteiger partial charge is 0.363 e. The number of allylic oxidation sites excluding steroid dienone is 3. The summed E-state index contributed by atoms with van der Waals surface area (Å²) in [6, 6.07) is 2.85. The fourth-order valence-electron chi connectivity index (χ4n) is 2.08. The SMILES string of the molecule is CCOC(=O)C1CC=C(Cl)C=C1c1ccc([N+](=O)[O-])nc1. The Kier molecular flexibility index (Phi) is 4.70. The van der Waals surface area contributed by atoms with Crippen LogP contribution in [0.5, 0.6) is 0 Å². The number of hydrogen-bond donors (Lipinski definition) is 0. The molecular weight excluding hydrogens is 296 g/mol. The van der Waals surface area contributed by atoms with Crippen molar-refractivity contribution in [3.05, 3.63) is 51.2 Å². The third-order valence-corrected chi connectivity index (χ3v) is 3.32. The first-order valence-electron chi connectivity index (χ1n) is 6.37. The molecular formula is C14H13ClN2O4. The van der Waals surface area contributed by atoms with E-state index in [9.17, 15) is 14.9 Å². The van der Waals surface area contributed by atoms with Gasteiger partial charge in [0, 0.05) is 16.7 Å². The van der Waals surface area contributed by atoms with Crippen LogP contribution in [0.3, 0.4) is 0 Å². The predicted molar refractivity (Wildman–Crippen MR) is 77.5 cm³/mol. The fraction of sp³-hybridized carbons (Fsp3) is 0.286. The predicted octanol–water partition coefficient (Wildman–Crippen LogP) is 3.08. The van der Waals surface area contributed by atoms with Gasteiger partial charge in [0.25, 0.3) is 0 Å². The van der Waals surface area contributed by atoms with E-state index >= 15 is 0 Å². The second-order valence-corrected chi connectivity index (χ2v) is 4.83. The Morgan fingerprint density at radius 3 is 2.90 bits per heavy atom. The molecule has 1 unspecified atom stereocenters. The van der Waals surface area contributed by atoms with Gasteiger partial charge in [-0.3, -0.25) is 4.79 Å². The summed E-state index contributed by atoms with van der Waals surface area (Å²) < 4.78 is 5.05. The van der Waals surface area contributed by atoms with Crippen molar-refractivity contribution in [2.45, 2.75) is 13.3 Å². The molecule has 0 amide bonds. The highest BCUT2D eigenvalue weighted by atomic mass is 35.5. The fourth-order valence-corrected chi connectivity index (χ4v) is 2.29. The van der Waals surface area contributed by atoms with Crippen molar-refractivity contribution in [3.63, 3.8) is 0 Å². The molecule has 21 heavy (non-hydrogen) atoms. The number of carbonyl (C=O) groups excluding carboxylic acids is 1. The molecule has 7 heteroatoms. The molecule has 110 valence electrons. The third kappa shape index (κ3) is 3.46. The molecule has 0 saturated heterocycles. The van der Waals surface area contributed by atoms with Crippen molar-refractivity contribution in [2.24, 2.45) is 5.92 Å². The summed E-state index contributed by atoms with van der Waals surface area (Å²) in [5.41, 5.74) is 1.27. The molecule has 0 spiro atoms. The van der Waals surface area contributed by atoms with E-state index in [4.69, 9.17) is 16.3 Å². The van der Waals surface area contributed by atoms with Gasteiger partial charge in [-0.1, -0.05) is 17.7 Å². The standard InChI is InChI=1S/C14H13ClN2O4/c1-2-21-14(18)11-5-4-10(15)7-12(11)9-3-6-13(16-8-9)17(19)20/h3-4,6-8,11H,2,5H2,1H3. The number of nitro groups is 1. The lowest BCUT2D eigenvalue weighted by Crippen LogP contribution is -2.20. The Bertz CT molecular complexity index is 622. The van der Waals surface area contributed by atoms with E-state index < -0.39 is 10.8 Å². The topological polar surface area (TPSA) is 82.3 Å². The van der Waals surface area contributed by atoms with E-state index in [0.717, 1.165) is 0 Å². The molecule has 1 aromatic rings. The number of pyridine rings is 1. The second kappa shape index (κ2) is 6.49. The highest BCUT2D eigenvalue weighted by Crippen LogP contribution is 2.34. The van der Waals surface area contributed by atoms with Crippen LogP contribution in [0.25, 0.3) is 5.57 Å². The Balaban J connectivity index is 2.34. The van der Waals surface area contributed by atoms with E-state index in [2.05, 4.69) is 4.98 Å². The van der Waals surface area contributed by atoms with E-state index in [1.807, 2.05) is 0 Å². The summed E-state index contributed by atoms with van der Waals surface area (Å²) >= 11 is 5.99. The monoisotopic (exact) mass is 308 g/mol. The van der Waals surface area contributed by atoms with Crippen molar-refractivity contribution >= 4 is 29.0 Å². The van der Waals surface area contributed by atoms with E-state index in [1.165, 1.54) is 12.3 Å². The number of aromatic nitrogens is 1. The van der Waals surface area contributed by atoms with Crippen LogP contribution < -0.4 is 0 Å². The Labute approximate surface area is 126 Å². The average molecular weight is 309 g/mol. The van der Waals surface area contributed by atoms with Gasteiger partial charge in [-0.05, 0) is 41.0 Å². The molecule has 2 rings (SSSR count). The first-order chi connectivity index (χ1) is 10.0. The van der Waals surface area contributed by atoms with Gasteiger partial charge in [0.05, 0.1) is 12.5 Å². The van der Waals surface area contributed by atoms with E-state index in [-0.39, 0.29) is 11.8 Å². The molecule has 0 saturated carbocycles. The molecule has 1 aliphatic carbocycles. The van der Waals surface area contributed by atoms with Crippen molar-refractivity contribution < 1.29 is 14.5 Å². The molecule has 0 aliphatic heterocycles. The number of rotatable bonds is 4. The zero-order chi connectivity index (χ0) is 15.4. The van der Waals surface area contributed by atoms with Crippen LogP contribution in [0, 0.1) is 16.0 Å². The van der Waals surface area contributed by atoms with E-state index in [1.54, 1.807) is 25.1 Å². The molecule has 0 aromatic carbocycles. The molecule has 0 radical (unpaired) electrons. The normalized spacial score (nSPS) is 17.7. The van der Waals surface area contributed by atoms with Gasteiger partial charge in [0.2, 0.25) is 0 Å². The Morgan fingerprint density at radius 2 is 2.33 bits per heavy atom. The molecule has 0 bridgehead atoms. The largest absolute Gasteiger partial charge is 0.466 e. The second-order valence-electron chi connectivity index (χ2n) is 4.39. The number of hydrogen-bond acceptors (Lipinski definition) is 5.